The highest BCUT2D eigenvalue weighted by Crippen LogP contribution is 2.30. The Bertz CT molecular complexity index is 826. The Morgan fingerprint density at radius 1 is 1.23 bits per heavy atom. The van der Waals surface area contributed by atoms with Gasteiger partial charge in [0.1, 0.15) is 11.5 Å². The topological polar surface area (TPSA) is 104 Å². The third kappa shape index (κ3) is 9.27. The first-order valence-corrected chi connectivity index (χ1v) is 12.0. The molecule has 31 heavy (non-hydrogen) atoms. The van der Waals surface area contributed by atoms with Gasteiger partial charge in [0, 0.05) is 55.1 Å². The number of rotatable bonds is 9. The van der Waals surface area contributed by atoms with E-state index in [1.165, 1.54) is 0 Å². The molecular formula is C20H36IN5O4S. The molecule has 1 fully saturated rings. The van der Waals surface area contributed by atoms with Gasteiger partial charge in [-0.15, -0.1) is 24.0 Å². The number of benzene rings is 1. The molecule has 1 aliphatic rings. The van der Waals surface area contributed by atoms with Crippen LogP contribution < -0.4 is 29.7 Å². The number of halogens is 1. The fraction of sp³-hybridized carbons (Fsp3) is 0.650. The number of sulfonamides is 1. The highest BCUT2D eigenvalue weighted by molar-refractivity contribution is 14.0. The van der Waals surface area contributed by atoms with Crippen LogP contribution in [0.3, 0.4) is 0 Å². The molecule has 11 heteroatoms. The minimum Gasteiger partial charge on any atom is -0.497 e. The van der Waals surface area contributed by atoms with Crippen molar-refractivity contribution in [3.05, 3.63) is 18.2 Å². The zero-order chi connectivity index (χ0) is 22.4. The molecule has 0 bridgehead atoms. The molecule has 1 heterocycles. The minimum absolute atomic E-state index is 0. The number of methoxy groups -OCH3 is 2. The standard InChI is InChI=1S/C20H35N5O4S.HI/c1-7-21-19(22-14-20(2,3)24-30(6,26)27)23-15-8-9-25(13-15)16-10-17(28-4)12-18(11-16)29-5;/h10-12,15,24H,7-9,13-14H2,1-6H3,(H2,21,22,23);1H. The van der Waals surface area contributed by atoms with Gasteiger partial charge in [0.15, 0.2) is 5.96 Å². The van der Waals surface area contributed by atoms with Crippen molar-refractivity contribution < 1.29 is 17.9 Å². The van der Waals surface area contributed by atoms with Gasteiger partial charge in [-0.1, -0.05) is 0 Å². The zero-order valence-corrected chi connectivity index (χ0v) is 22.3. The van der Waals surface area contributed by atoms with Gasteiger partial charge in [-0.25, -0.2) is 13.1 Å². The van der Waals surface area contributed by atoms with E-state index in [-0.39, 0.29) is 30.0 Å². The Hall–Kier alpha value is -1.47. The molecule has 0 radical (unpaired) electrons. The fourth-order valence-electron chi connectivity index (χ4n) is 3.41. The molecule has 0 amide bonds. The second-order valence-electron chi connectivity index (χ2n) is 8.10. The highest BCUT2D eigenvalue weighted by Gasteiger charge is 2.25. The second kappa shape index (κ2) is 12.0. The summed E-state index contributed by atoms with van der Waals surface area (Å²) in [5.74, 6) is 2.20. The van der Waals surface area contributed by atoms with E-state index in [9.17, 15) is 8.42 Å². The van der Waals surface area contributed by atoms with Gasteiger partial charge < -0.3 is 25.0 Å². The first kappa shape index (κ1) is 27.6. The third-order valence-electron chi connectivity index (χ3n) is 4.67. The number of hydrogen-bond donors (Lipinski definition) is 3. The average molecular weight is 570 g/mol. The quantitative estimate of drug-likeness (QED) is 0.237. The van der Waals surface area contributed by atoms with E-state index < -0.39 is 15.6 Å². The molecule has 1 aromatic rings. The molecule has 1 aliphatic heterocycles. The zero-order valence-electron chi connectivity index (χ0n) is 19.2. The lowest BCUT2D eigenvalue weighted by Gasteiger charge is -2.24. The normalized spacial score (nSPS) is 17.2. The number of nitrogens with one attached hydrogen (secondary N) is 3. The maximum atomic E-state index is 11.5. The molecule has 0 aliphatic carbocycles. The summed E-state index contributed by atoms with van der Waals surface area (Å²) in [6.45, 7) is 8.37. The van der Waals surface area contributed by atoms with E-state index >= 15 is 0 Å². The van der Waals surface area contributed by atoms with Crippen molar-refractivity contribution in [1.29, 1.82) is 0 Å². The van der Waals surface area contributed by atoms with Crippen molar-refractivity contribution in [2.45, 2.75) is 38.8 Å². The minimum atomic E-state index is -3.30. The van der Waals surface area contributed by atoms with Crippen LogP contribution >= 0.6 is 24.0 Å². The summed E-state index contributed by atoms with van der Waals surface area (Å²) in [6, 6.07) is 6.08. The SMILES string of the molecule is CCNC(=NCC(C)(C)NS(C)(=O)=O)NC1CCN(c2cc(OC)cc(OC)c2)C1.I. The monoisotopic (exact) mass is 569 g/mol. The lowest BCUT2D eigenvalue weighted by molar-refractivity contribution is 0.394. The number of nitrogens with zero attached hydrogens (tertiary/aromatic N) is 2. The first-order valence-electron chi connectivity index (χ1n) is 10.1. The van der Waals surface area contributed by atoms with Gasteiger partial charge in [-0.2, -0.15) is 0 Å². The summed E-state index contributed by atoms with van der Waals surface area (Å²) >= 11 is 0. The fourth-order valence-corrected chi connectivity index (χ4v) is 4.48. The van der Waals surface area contributed by atoms with Gasteiger partial charge in [0.05, 0.1) is 27.0 Å². The molecule has 9 nitrogen and oxygen atoms in total. The molecule has 0 saturated carbocycles. The van der Waals surface area contributed by atoms with Gasteiger partial charge in [0.25, 0.3) is 0 Å². The highest BCUT2D eigenvalue weighted by atomic mass is 127. The van der Waals surface area contributed by atoms with Gasteiger partial charge in [0.2, 0.25) is 10.0 Å². The van der Waals surface area contributed by atoms with E-state index in [4.69, 9.17) is 9.47 Å². The van der Waals surface area contributed by atoms with E-state index in [2.05, 4.69) is 25.2 Å². The summed E-state index contributed by atoms with van der Waals surface area (Å²) < 4.78 is 36.5. The van der Waals surface area contributed by atoms with Crippen molar-refractivity contribution in [3.63, 3.8) is 0 Å². The molecule has 0 aromatic heterocycles. The molecule has 0 spiro atoms. The molecular weight excluding hydrogens is 533 g/mol. The van der Waals surface area contributed by atoms with Crippen molar-refractivity contribution in [3.8, 4) is 11.5 Å². The third-order valence-corrected chi connectivity index (χ3v) is 5.59. The number of anilines is 1. The van der Waals surface area contributed by atoms with Crippen molar-refractivity contribution in [2.24, 2.45) is 4.99 Å². The van der Waals surface area contributed by atoms with Gasteiger partial charge in [-0.05, 0) is 27.2 Å². The predicted octanol–water partition coefficient (Wildman–Crippen LogP) is 1.78. The van der Waals surface area contributed by atoms with Crippen LogP contribution in [0.2, 0.25) is 0 Å². The van der Waals surface area contributed by atoms with Gasteiger partial charge >= 0.3 is 0 Å². The van der Waals surface area contributed by atoms with Crippen LogP contribution in [-0.2, 0) is 10.0 Å². The first-order chi connectivity index (χ1) is 14.0. The van der Waals surface area contributed by atoms with Crippen LogP contribution in [0.4, 0.5) is 5.69 Å². The summed E-state index contributed by atoms with van der Waals surface area (Å²) in [6.07, 6.45) is 2.11. The summed E-state index contributed by atoms with van der Waals surface area (Å²) in [7, 11) is -0.0110. The average Bonchev–Trinajstić information content (AvgIpc) is 3.12. The summed E-state index contributed by atoms with van der Waals surface area (Å²) in [4.78, 5) is 6.87. The number of aliphatic imine (C=N–C) groups is 1. The van der Waals surface area contributed by atoms with E-state index in [1.54, 1.807) is 14.2 Å². The maximum absolute atomic E-state index is 11.5. The Kier molecular flexibility index (Phi) is 10.6. The molecule has 1 atom stereocenters. The molecule has 1 saturated heterocycles. The lowest BCUT2D eigenvalue weighted by atomic mass is 10.1. The molecule has 1 aromatic carbocycles. The summed E-state index contributed by atoms with van der Waals surface area (Å²) in [5.41, 5.74) is 0.380. The smallest absolute Gasteiger partial charge is 0.209 e. The predicted molar refractivity (Wildman–Crippen MR) is 137 cm³/mol. The Labute approximate surface area is 203 Å². The molecule has 3 N–H and O–H groups in total. The maximum Gasteiger partial charge on any atom is 0.209 e. The van der Waals surface area contributed by atoms with Crippen LogP contribution in [0, 0.1) is 0 Å². The lowest BCUT2D eigenvalue weighted by Crippen LogP contribution is -2.48. The van der Waals surface area contributed by atoms with E-state index in [1.807, 2.05) is 39.0 Å². The van der Waals surface area contributed by atoms with Crippen molar-refractivity contribution in [1.82, 2.24) is 15.4 Å². The second-order valence-corrected chi connectivity index (χ2v) is 9.85. The number of ether oxygens (including phenoxy) is 2. The van der Waals surface area contributed by atoms with Crippen molar-refractivity contribution in [2.75, 3.05) is 51.6 Å². The molecule has 2 rings (SSSR count). The summed E-state index contributed by atoms with van der Waals surface area (Å²) in [5, 5.41) is 6.71. The van der Waals surface area contributed by atoms with Crippen LogP contribution in [-0.4, -0.2) is 72.6 Å². The number of hydrogen-bond acceptors (Lipinski definition) is 6. The van der Waals surface area contributed by atoms with Crippen LogP contribution in [0.15, 0.2) is 23.2 Å². The van der Waals surface area contributed by atoms with E-state index in [0.29, 0.717) is 12.5 Å². The Balaban J connectivity index is 0.00000480. The van der Waals surface area contributed by atoms with Crippen LogP contribution in [0.5, 0.6) is 11.5 Å². The van der Waals surface area contributed by atoms with Crippen LogP contribution in [0.25, 0.3) is 0 Å². The Morgan fingerprint density at radius 3 is 2.35 bits per heavy atom. The van der Waals surface area contributed by atoms with E-state index in [0.717, 1.165) is 49.5 Å². The molecule has 1 unspecified atom stereocenters. The largest absolute Gasteiger partial charge is 0.497 e. The Morgan fingerprint density at radius 2 is 1.84 bits per heavy atom. The number of guanidine groups is 1. The van der Waals surface area contributed by atoms with Crippen molar-refractivity contribution >= 4 is 45.6 Å². The van der Waals surface area contributed by atoms with Crippen LogP contribution in [0.1, 0.15) is 27.2 Å². The molecule has 178 valence electrons. The van der Waals surface area contributed by atoms with Gasteiger partial charge in [-0.3, -0.25) is 4.99 Å².